The Morgan fingerprint density at radius 1 is 1.00 bits per heavy atom. The van der Waals surface area contributed by atoms with E-state index in [2.05, 4.69) is 37.5 Å². The van der Waals surface area contributed by atoms with Crippen molar-refractivity contribution in [1.82, 2.24) is 0 Å². The zero-order valence-electron chi connectivity index (χ0n) is 9.44. The molecule has 14 heavy (non-hydrogen) atoms. The van der Waals surface area contributed by atoms with Crippen molar-refractivity contribution in [3.8, 4) is 5.81 Å². The number of nitriles is 1. The van der Waals surface area contributed by atoms with E-state index in [-0.39, 0.29) is 0 Å². The van der Waals surface area contributed by atoms with Gasteiger partial charge in [-0.15, -0.1) is 0 Å². The average Bonchev–Trinajstić information content (AvgIpc) is 1.83. The minimum Gasteiger partial charge on any atom is -0.800 e. The highest BCUT2D eigenvalue weighted by Crippen LogP contribution is 2.17. The Morgan fingerprint density at radius 2 is 1.07 bits per heavy atom. The fourth-order valence-electron chi connectivity index (χ4n) is 0. The summed E-state index contributed by atoms with van der Waals surface area (Å²) in [6.07, 6.45) is 13.2. The smallest absolute Gasteiger partial charge is 0.0969 e. The Hall–Kier alpha value is 0.340. The van der Waals surface area contributed by atoms with E-state index in [1.54, 1.807) is 0 Å². The SMILES string of the molecule is C[S+](C)C.C[S+](C)C.N#CP(=O)([O-])[O-]. The minimum absolute atomic E-state index is 0.549. The lowest BCUT2D eigenvalue weighted by atomic mass is 11.8. The van der Waals surface area contributed by atoms with Gasteiger partial charge in [-0.3, -0.25) is 0 Å². The minimum atomic E-state index is -4.84. The van der Waals surface area contributed by atoms with Crippen LogP contribution in [0.5, 0.6) is 0 Å². The molecule has 0 heterocycles. The maximum Gasteiger partial charge on any atom is 0.0969 e. The zero-order chi connectivity index (χ0) is 12.4. The van der Waals surface area contributed by atoms with Gasteiger partial charge in [-0.2, -0.15) is 5.26 Å². The highest BCUT2D eigenvalue weighted by Gasteiger charge is 1.78. The Balaban J connectivity index is -0.000000135. The van der Waals surface area contributed by atoms with Gasteiger partial charge in [0.1, 0.15) is 0 Å². The second kappa shape index (κ2) is 11.4. The third-order valence-corrected chi connectivity index (χ3v) is 0.367. The molecule has 0 spiro atoms. The van der Waals surface area contributed by atoms with Crippen LogP contribution in [-0.2, 0) is 26.4 Å². The van der Waals surface area contributed by atoms with Gasteiger partial charge in [-0.25, -0.2) is 0 Å². The lowest BCUT2D eigenvalue weighted by Gasteiger charge is -2.17. The molecule has 0 aromatic heterocycles. The van der Waals surface area contributed by atoms with Crippen molar-refractivity contribution in [3.63, 3.8) is 0 Å². The van der Waals surface area contributed by atoms with Gasteiger partial charge in [0.2, 0.25) is 0 Å². The van der Waals surface area contributed by atoms with E-state index in [1.165, 1.54) is 0 Å². The molecule has 0 amide bonds. The molecule has 4 nitrogen and oxygen atoms in total. The molecule has 0 aromatic carbocycles. The topological polar surface area (TPSA) is 87.0 Å². The van der Waals surface area contributed by atoms with Gasteiger partial charge >= 0.3 is 0 Å². The van der Waals surface area contributed by atoms with Gasteiger partial charge in [0.25, 0.3) is 0 Å². The molecule has 0 aliphatic heterocycles. The molecule has 0 rings (SSSR count). The molecule has 7 heteroatoms. The predicted molar refractivity (Wildman–Crippen MR) is 63.5 cm³/mol. The molecule has 0 bridgehead atoms. The van der Waals surface area contributed by atoms with Crippen molar-refractivity contribution in [3.05, 3.63) is 0 Å². The first-order valence-corrected chi connectivity index (χ1v) is 9.89. The molecule has 0 N–H and O–H groups in total. The summed E-state index contributed by atoms with van der Waals surface area (Å²) in [5.74, 6) is 0.549. The number of hydrogen-bond acceptors (Lipinski definition) is 4. The molecule has 0 aromatic rings. The predicted octanol–water partition coefficient (Wildman–Crippen LogP) is -0.631. The summed E-state index contributed by atoms with van der Waals surface area (Å²) < 4.78 is 9.11. The van der Waals surface area contributed by atoms with Gasteiger partial charge in [-0.05, 0) is 21.8 Å². The van der Waals surface area contributed by atoms with Crippen LogP contribution in [-0.4, -0.2) is 37.5 Å². The van der Waals surface area contributed by atoms with Crippen molar-refractivity contribution >= 4 is 29.4 Å². The van der Waals surface area contributed by atoms with E-state index in [9.17, 15) is 0 Å². The summed E-state index contributed by atoms with van der Waals surface area (Å²) in [5.41, 5.74) is 0. The van der Waals surface area contributed by atoms with Crippen LogP contribution in [0.1, 0.15) is 0 Å². The third-order valence-electron chi connectivity index (χ3n) is 0.122. The van der Waals surface area contributed by atoms with Crippen LogP contribution in [0.25, 0.3) is 0 Å². The van der Waals surface area contributed by atoms with E-state index in [1.807, 2.05) is 0 Å². The van der Waals surface area contributed by atoms with Crippen LogP contribution in [0, 0.1) is 11.1 Å². The molecular weight excluding hydrogens is 241 g/mol. The average molecular weight is 259 g/mol. The lowest BCUT2D eigenvalue weighted by Crippen LogP contribution is -2.10. The van der Waals surface area contributed by atoms with Crippen molar-refractivity contribution < 1.29 is 14.4 Å². The second-order valence-electron chi connectivity index (χ2n) is 3.05. The Kier molecular flexibility index (Phi) is 16.2. The van der Waals surface area contributed by atoms with Gasteiger partial charge in [-0.1, -0.05) is 0 Å². The Bertz CT molecular complexity index is 186. The first kappa shape index (κ1) is 19.8. The van der Waals surface area contributed by atoms with Gasteiger partial charge in [0.15, 0.2) is 0 Å². The molecule has 0 unspecified atom stereocenters. The summed E-state index contributed by atoms with van der Waals surface area (Å²) in [6, 6.07) is 0. The molecule has 0 aliphatic rings. The molecule has 0 aliphatic carbocycles. The fourth-order valence-corrected chi connectivity index (χ4v) is 0. The Labute approximate surface area is 92.6 Å². The summed E-state index contributed by atoms with van der Waals surface area (Å²) in [7, 11) is -3.56. The van der Waals surface area contributed by atoms with E-state index in [0.29, 0.717) is 27.6 Å². The Morgan fingerprint density at radius 3 is 1.07 bits per heavy atom. The standard InChI is InChI=1S/2C3H9S.CH2NO3P/c2*1-4(2)3;2-1-6(3,4)5/h2*1-3H3;(H2,3,4,5)/q2*+1;/p-2. The van der Waals surface area contributed by atoms with Gasteiger partial charge in [0.05, 0.1) is 43.3 Å². The normalized spacial score (nSPS) is 9.50. The van der Waals surface area contributed by atoms with E-state index in [0.717, 1.165) is 0 Å². The monoisotopic (exact) mass is 259 g/mol. The fraction of sp³-hybridized carbons (Fsp3) is 0.857. The van der Waals surface area contributed by atoms with Crippen LogP contribution in [0.3, 0.4) is 0 Å². The van der Waals surface area contributed by atoms with Crippen LogP contribution < -0.4 is 9.79 Å². The van der Waals surface area contributed by atoms with Gasteiger partial charge in [0, 0.05) is 7.60 Å². The molecule has 0 saturated heterocycles. The van der Waals surface area contributed by atoms with Crippen molar-refractivity contribution in [2.75, 3.05) is 37.5 Å². The van der Waals surface area contributed by atoms with Crippen molar-refractivity contribution in [1.29, 1.82) is 5.26 Å². The zero-order valence-corrected chi connectivity index (χ0v) is 12.0. The molecular formula is C7H18NO3PS2. The van der Waals surface area contributed by atoms with Crippen LogP contribution in [0.15, 0.2) is 0 Å². The number of rotatable bonds is 0. The van der Waals surface area contributed by atoms with Crippen molar-refractivity contribution in [2.45, 2.75) is 0 Å². The van der Waals surface area contributed by atoms with Crippen molar-refractivity contribution in [2.24, 2.45) is 0 Å². The second-order valence-corrected chi connectivity index (χ2v) is 9.14. The van der Waals surface area contributed by atoms with Gasteiger partial charge < -0.3 is 14.4 Å². The van der Waals surface area contributed by atoms with E-state index in [4.69, 9.17) is 19.6 Å². The van der Waals surface area contributed by atoms with Crippen LogP contribution >= 0.6 is 7.60 Å². The number of nitrogens with zero attached hydrogens (tertiary/aromatic N) is 1. The highest BCUT2D eigenvalue weighted by atomic mass is 32.2. The summed E-state index contributed by atoms with van der Waals surface area (Å²) in [5, 5.41) is 7.26. The first-order valence-electron chi connectivity index (χ1n) is 3.44. The van der Waals surface area contributed by atoms with E-state index < -0.39 is 7.60 Å². The molecule has 0 radical (unpaired) electrons. The molecule has 0 fully saturated rings. The largest absolute Gasteiger partial charge is 0.800 e. The van der Waals surface area contributed by atoms with E-state index >= 15 is 0 Å². The quantitative estimate of drug-likeness (QED) is 0.428. The summed E-state index contributed by atoms with van der Waals surface area (Å²) in [4.78, 5) is 18.2. The third kappa shape index (κ3) is 142. The molecule has 86 valence electrons. The first-order chi connectivity index (χ1) is 6.02. The summed E-state index contributed by atoms with van der Waals surface area (Å²) >= 11 is 0. The molecule has 0 atom stereocenters. The maximum atomic E-state index is 9.11. The van der Waals surface area contributed by atoms with Crippen LogP contribution in [0.2, 0.25) is 0 Å². The van der Waals surface area contributed by atoms with Crippen LogP contribution in [0.4, 0.5) is 0 Å². The highest BCUT2D eigenvalue weighted by molar-refractivity contribution is 7.95. The number of hydrogen-bond donors (Lipinski definition) is 0. The lowest BCUT2D eigenvalue weighted by molar-refractivity contribution is -0.307. The molecule has 0 saturated carbocycles. The maximum absolute atomic E-state index is 9.11. The summed E-state index contributed by atoms with van der Waals surface area (Å²) in [6.45, 7) is 0.